The Kier molecular flexibility index (Phi) is 4.39. The molecule has 0 fully saturated rings. The van der Waals surface area contributed by atoms with Crippen molar-refractivity contribution < 1.29 is 4.79 Å². The molecule has 0 saturated carbocycles. The van der Waals surface area contributed by atoms with Gasteiger partial charge in [-0.15, -0.1) is 0 Å². The van der Waals surface area contributed by atoms with Gasteiger partial charge in [-0.25, -0.2) is 4.79 Å². The Labute approximate surface area is 117 Å². The predicted octanol–water partition coefficient (Wildman–Crippen LogP) is 3.94. The molecule has 1 heterocycles. The molecule has 4 heteroatoms. The number of rotatable bonds is 4. The summed E-state index contributed by atoms with van der Waals surface area (Å²) in [4.78, 5) is 15.0. The van der Waals surface area contributed by atoms with Crippen LogP contribution >= 0.6 is 0 Å². The summed E-state index contributed by atoms with van der Waals surface area (Å²) in [6.07, 6.45) is 8.95. The largest absolute Gasteiger partial charge is 0.361 e. The van der Waals surface area contributed by atoms with Crippen LogP contribution in [-0.2, 0) is 0 Å². The minimum absolute atomic E-state index is 0.296. The second kappa shape index (κ2) is 6.43. The number of amides is 2. The molecule has 0 aliphatic rings. The van der Waals surface area contributed by atoms with Gasteiger partial charge in [-0.2, -0.15) is 0 Å². The number of nitrogens with one attached hydrogen (secondary N) is 3. The highest BCUT2D eigenvalue weighted by atomic mass is 16.2. The van der Waals surface area contributed by atoms with E-state index in [-0.39, 0.29) is 6.03 Å². The van der Waals surface area contributed by atoms with Gasteiger partial charge in [-0.05, 0) is 43.3 Å². The van der Waals surface area contributed by atoms with E-state index < -0.39 is 0 Å². The molecule has 0 bridgehead atoms. The SMILES string of the molecule is C=C/C(=C\C=C/C)NC(=O)Nc1ccc2[nH]ccc2c1. The van der Waals surface area contributed by atoms with Crippen LogP contribution in [0.15, 0.2) is 67.0 Å². The minimum Gasteiger partial charge on any atom is -0.361 e. The van der Waals surface area contributed by atoms with Crippen molar-refractivity contribution in [1.29, 1.82) is 0 Å². The van der Waals surface area contributed by atoms with Crippen molar-refractivity contribution >= 4 is 22.6 Å². The molecule has 0 aliphatic heterocycles. The Bertz CT molecular complexity index is 680. The molecule has 0 atom stereocenters. The maximum atomic E-state index is 11.9. The zero-order valence-electron chi connectivity index (χ0n) is 11.3. The van der Waals surface area contributed by atoms with Crippen LogP contribution in [-0.4, -0.2) is 11.0 Å². The van der Waals surface area contributed by atoms with Crippen LogP contribution in [0.1, 0.15) is 6.92 Å². The van der Waals surface area contributed by atoms with E-state index in [2.05, 4.69) is 22.2 Å². The number of fused-ring (bicyclic) bond motifs is 1. The first-order chi connectivity index (χ1) is 9.72. The van der Waals surface area contributed by atoms with Crippen LogP contribution in [0.3, 0.4) is 0 Å². The van der Waals surface area contributed by atoms with Gasteiger partial charge in [-0.1, -0.05) is 18.7 Å². The number of aromatic nitrogens is 1. The number of urea groups is 1. The summed E-state index contributed by atoms with van der Waals surface area (Å²) in [5.41, 5.74) is 2.42. The molecule has 102 valence electrons. The van der Waals surface area contributed by atoms with E-state index in [1.165, 1.54) is 0 Å². The molecule has 0 radical (unpaired) electrons. The predicted molar refractivity (Wildman–Crippen MR) is 83.5 cm³/mol. The third-order valence-electron chi connectivity index (χ3n) is 2.76. The summed E-state index contributed by atoms with van der Waals surface area (Å²) < 4.78 is 0. The van der Waals surface area contributed by atoms with Gasteiger partial charge in [0.1, 0.15) is 0 Å². The smallest absolute Gasteiger partial charge is 0.323 e. The van der Waals surface area contributed by atoms with Crippen LogP contribution in [0.2, 0.25) is 0 Å². The minimum atomic E-state index is -0.296. The first-order valence-electron chi connectivity index (χ1n) is 6.33. The molecule has 2 amide bonds. The fourth-order valence-electron chi connectivity index (χ4n) is 1.79. The molecule has 2 rings (SSSR count). The fourth-order valence-corrected chi connectivity index (χ4v) is 1.79. The highest BCUT2D eigenvalue weighted by Crippen LogP contribution is 2.17. The summed E-state index contributed by atoms with van der Waals surface area (Å²) in [6, 6.07) is 7.35. The Balaban J connectivity index is 2.05. The molecular weight excluding hydrogens is 250 g/mol. The number of carbonyl (C=O) groups is 1. The van der Waals surface area contributed by atoms with Gasteiger partial charge in [0.05, 0.1) is 0 Å². The number of aromatic amines is 1. The number of anilines is 1. The Hall–Kier alpha value is -2.75. The van der Waals surface area contributed by atoms with E-state index in [0.29, 0.717) is 5.70 Å². The lowest BCUT2D eigenvalue weighted by Gasteiger charge is -2.08. The molecule has 4 nitrogen and oxygen atoms in total. The van der Waals surface area contributed by atoms with Crippen molar-refractivity contribution in [3.8, 4) is 0 Å². The van der Waals surface area contributed by atoms with E-state index in [4.69, 9.17) is 0 Å². The average Bonchev–Trinajstić information content (AvgIpc) is 2.90. The summed E-state index contributed by atoms with van der Waals surface area (Å²) >= 11 is 0. The maximum absolute atomic E-state index is 11.9. The number of carbonyl (C=O) groups excluding carboxylic acids is 1. The van der Waals surface area contributed by atoms with Gasteiger partial charge in [0.15, 0.2) is 0 Å². The first kappa shape index (κ1) is 13.7. The molecule has 3 N–H and O–H groups in total. The van der Waals surface area contributed by atoms with Crippen LogP contribution in [0, 0.1) is 0 Å². The number of H-pyrrole nitrogens is 1. The molecule has 0 aliphatic carbocycles. The molecule has 20 heavy (non-hydrogen) atoms. The number of allylic oxidation sites excluding steroid dienone is 4. The van der Waals surface area contributed by atoms with Crippen LogP contribution in [0.25, 0.3) is 10.9 Å². The summed E-state index contributed by atoms with van der Waals surface area (Å²) in [5.74, 6) is 0. The highest BCUT2D eigenvalue weighted by molar-refractivity contribution is 5.93. The number of hydrogen-bond acceptors (Lipinski definition) is 1. The topological polar surface area (TPSA) is 56.9 Å². The molecule has 0 saturated heterocycles. The lowest BCUT2D eigenvalue weighted by atomic mass is 10.2. The van der Waals surface area contributed by atoms with E-state index in [0.717, 1.165) is 16.6 Å². The number of benzene rings is 1. The van der Waals surface area contributed by atoms with Crippen LogP contribution in [0.5, 0.6) is 0 Å². The van der Waals surface area contributed by atoms with Crippen molar-refractivity contribution in [2.24, 2.45) is 0 Å². The van der Waals surface area contributed by atoms with Crippen molar-refractivity contribution in [3.05, 3.63) is 67.0 Å². The van der Waals surface area contributed by atoms with Gasteiger partial charge in [0, 0.05) is 28.5 Å². The summed E-state index contributed by atoms with van der Waals surface area (Å²) in [7, 11) is 0. The third-order valence-corrected chi connectivity index (χ3v) is 2.76. The van der Waals surface area contributed by atoms with Crippen LogP contribution < -0.4 is 10.6 Å². The lowest BCUT2D eigenvalue weighted by Crippen LogP contribution is -2.27. The van der Waals surface area contributed by atoms with E-state index >= 15 is 0 Å². The van der Waals surface area contributed by atoms with E-state index in [1.54, 1.807) is 12.2 Å². The Morgan fingerprint density at radius 2 is 2.20 bits per heavy atom. The maximum Gasteiger partial charge on any atom is 0.323 e. The molecule has 0 spiro atoms. The fraction of sp³-hybridized carbons (Fsp3) is 0.0625. The normalized spacial score (nSPS) is 11.8. The zero-order chi connectivity index (χ0) is 14.4. The van der Waals surface area contributed by atoms with Crippen molar-refractivity contribution in [3.63, 3.8) is 0 Å². The Morgan fingerprint density at radius 3 is 2.95 bits per heavy atom. The lowest BCUT2D eigenvalue weighted by molar-refractivity contribution is 0.254. The van der Waals surface area contributed by atoms with Crippen molar-refractivity contribution in [1.82, 2.24) is 10.3 Å². The van der Waals surface area contributed by atoms with Gasteiger partial charge >= 0.3 is 6.03 Å². The van der Waals surface area contributed by atoms with Crippen molar-refractivity contribution in [2.45, 2.75) is 6.92 Å². The molecule has 0 unspecified atom stereocenters. The van der Waals surface area contributed by atoms with Crippen LogP contribution in [0.4, 0.5) is 10.5 Å². The molecule has 2 aromatic rings. The van der Waals surface area contributed by atoms with E-state index in [9.17, 15) is 4.79 Å². The standard InChI is InChI=1S/C16H17N3O/c1-3-5-6-13(4-2)18-16(20)19-14-7-8-15-12(11-14)9-10-17-15/h3-11,17H,2H2,1H3,(H2,18,19,20)/b5-3-,13-6+. The summed E-state index contributed by atoms with van der Waals surface area (Å²) in [5, 5.41) is 6.57. The molecular formula is C16H17N3O. The van der Waals surface area contributed by atoms with Crippen molar-refractivity contribution in [2.75, 3.05) is 5.32 Å². The Morgan fingerprint density at radius 1 is 1.35 bits per heavy atom. The van der Waals surface area contributed by atoms with E-state index in [1.807, 2.05) is 49.5 Å². The third kappa shape index (κ3) is 3.38. The van der Waals surface area contributed by atoms with Gasteiger partial charge in [0.25, 0.3) is 0 Å². The quantitative estimate of drug-likeness (QED) is 0.722. The average molecular weight is 267 g/mol. The second-order valence-corrected chi connectivity index (χ2v) is 4.21. The highest BCUT2D eigenvalue weighted by Gasteiger charge is 2.03. The second-order valence-electron chi connectivity index (χ2n) is 4.21. The van der Waals surface area contributed by atoms with Gasteiger partial charge in [-0.3, -0.25) is 0 Å². The molecule has 1 aromatic heterocycles. The summed E-state index contributed by atoms with van der Waals surface area (Å²) in [6.45, 7) is 5.57. The van der Waals surface area contributed by atoms with Gasteiger partial charge < -0.3 is 15.6 Å². The molecule has 1 aromatic carbocycles. The first-order valence-corrected chi connectivity index (χ1v) is 6.33. The monoisotopic (exact) mass is 267 g/mol. The number of hydrogen-bond donors (Lipinski definition) is 3. The van der Waals surface area contributed by atoms with Gasteiger partial charge in [0.2, 0.25) is 0 Å². The zero-order valence-corrected chi connectivity index (χ0v) is 11.3.